The van der Waals surface area contributed by atoms with E-state index in [4.69, 9.17) is 5.73 Å². The normalized spacial score (nSPS) is 16.0. The number of aryl methyl sites for hydroxylation is 1. The molecule has 0 fully saturated rings. The van der Waals surface area contributed by atoms with E-state index in [9.17, 15) is 22.5 Å². The van der Waals surface area contributed by atoms with Gasteiger partial charge in [0.1, 0.15) is 11.6 Å². The molecular weight excluding hydrogens is 428 g/mol. The molecule has 0 radical (unpaired) electrons. The highest BCUT2D eigenvalue weighted by Crippen LogP contribution is 2.31. The zero-order chi connectivity index (χ0) is 22.3. The predicted octanol–water partition coefficient (Wildman–Crippen LogP) is 4.00. The van der Waals surface area contributed by atoms with Crippen LogP contribution in [0.25, 0.3) is 10.2 Å². The third-order valence-electron chi connectivity index (χ3n) is 5.06. The summed E-state index contributed by atoms with van der Waals surface area (Å²) in [5.74, 6) is -2.25. The fourth-order valence-electron chi connectivity index (χ4n) is 3.37. The molecular formula is C21H21F2N3O2S2. The molecule has 158 valence electrons. The lowest BCUT2D eigenvalue weighted by molar-refractivity contribution is 0.478. The molecule has 0 aliphatic carbocycles. The van der Waals surface area contributed by atoms with E-state index in [0.29, 0.717) is 5.56 Å². The second-order valence-electron chi connectivity index (χ2n) is 7.86. The predicted molar refractivity (Wildman–Crippen MR) is 114 cm³/mol. The van der Waals surface area contributed by atoms with Crippen molar-refractivity contribution < 1.29 is 17.2 Å². The van der Waals surface area contributed by atoms with Crippen molar-refractivity contribution >= 4 is 31.4 Å². The standard InChI is InChI=1S/C21H21F2N3O2S2/c1-13-26-18-8-14(4-7-19(18)29-13)10-20(2,11-24)30(27,28)12-21(3,25)16-9-15(22)5-6-17(16)23/h4-9H,10,12,25H2,1-3H3. The summed E-state index contributed by atoms with van der Waals surface area (Å²) in [6.07, 6.45) is -0.0833. The van der Waals surface area contributed by atoms with Gasteiger partial charge in [-0.2, -0.15) is 5.26 Å². The monoisotopic (exact) mass is 449 g/mol. The van der Waals surface area contributed by atoms with Crippen molar-refractivity contribution in [2.45, 2.75) is 37.5 Å². The van der Waals surface area contributed by atoms with Gasteiger partial charge in [-0.3, -0.25) is 0 Å². The first-order valence-corrected chi connectivity index (χ1v) is 11.6. The number of hydrogen-bond acceptors (Lipinski definition) is 6. The number of thiazole rings is 1. The van der Waals surface area contributed by atoms with Crippen LogP contribution in [0.1, 0.15) is 30.0 Å². The molecule has 0 aliphatic heterocycles. The lowest BCUT2D eigenvalue weighted by Gasteiger charge is -2.30. The number of nitrogens with two attached hydrogens (primary N) is 1. The highest BCUT2D eigenvalue weighted by atomic mass is 32.2. The molecule has 2 atom stereocenters. The van der Waals surface area contributed by atoms with Crippen molar-refractivity contribution in [3.05, 3.63) is 64.2 Å². The Bertz CT molecular complexity index is 1260. The highest BCUT2D eigenvalue weighted by Gasteiger charge is 2.44. The van der Waals surface area contributed by atoms with Crippen LogP contribution >= 0.6 is 11.3 Å². The number of fused-ring (bicyclic) bond motifs is 1. The van der Waals surface area contributed by atoms with Crippen LogP contribution < -0.4 is 5.73 Å². The molecule has 0 bridgehead atoms. The van der Waals surface area contributed by atoms with E-state index >= 15 is 0 Å². The SMILES string of the molecule is Cc1nc2cc(CC(C)(C#N)S(=O)(=O)CC(C)(N)c3cc(F)ccc3F)ccc2s1. The maximum absolute atomic E-state index is 14.2. The van der Waals surface area contributed by atoms with E-state index in [2.05, 4.69) is 4.98 Å². The van der Waals surface area contributed by atoms with Crippen LogP contribution in [-0.4, -0.2) is 23.9 Å². The Morgan fingerprint density at radius 3 is 2.57 bits per heavy atom. The van der Waals surface area contributed by atoms with Gasteiger partial charge in [0.2, 0.25) is 0 Å². The average molecular weight is 450 g/mol. The van der Waals surface area contributed by atoms with Gasteiger partial charge in [-0.15, -0.1) is 11.3 Å². The number of nitrogens with zero attached hydrogens (tertiary/aromatic N) is 2. The quantitative estimate of drug-likeness (QED) is 0.614. The number of nitriles is 1. The van der Waals surface area contributed by atoms with Gasteiger partial charge in [0.15, 0.2) is 14.6 Å². The van der Waals surface area contributed by atoms with Gasteiger partial charge in [-0.1, -0.05) is 6.07 Å². The molecule has 2 N–H and O–H groups in total. The van der Waals surface area contributed by atoms with Gasteiger partial charge in [0.05, 0.1) is 32.6 Å². The molecule has 5 nitrogen and oxygen atoms in total. The number of aromatic nitrogens is 1. The van der Waals surface area contributed by atoms with E-state index in [-0.39, 0.29) is 12.0 Å². The molecule has 0 aliphatic rings. The molecule has 0 spiro atoms. The van der Waals surface area contributed by atoms with E-state index in [0.717, 1.165) is 33.4 Å². The minimum Gasteiger partial charge on any atom is -0.321 e. The van der Waals surface area contributed by atoms with Crippen molar-refractivity contribution in [2.24, 2.45) is 5.73 Å². The Kier molecular flexibility index (Phi) is 5.71. The fourth-order valence-corrected chi connectivity index (χ4v) is 5.97. The van der Waals surface area contributed by atoms with Gasteiger partial charge in [-0.05, 0) is 56.7 Å². The maximum Gasteiger partial charge on any atom is 0.171 e. The van der Waals surface area contributed by atoms with Gasteiger partial charge in [0, 0.05) is 12.0 Å². The lowest BCUT2D eigenvalue weighted by Crippen LogP contribution is -2.48. The van der Waals surface area contributed by atoms with Gasteiger partial charge in [-0.25, -0.2) is 22.2 Å². The second kappa shape index (κ2) is 7.69. The average Bonchev–Trinajstić information content (AvgIpc) is 3.01. The first kappa shape index (κ1) is 22.3. The van der Waals surface area contributed by atoms with Crippen LogP contribution in [0.2, 0.25) is 0 Å². The zero-order valence-electron chi connectivity index (χ0n) is 16.7. The molecule has 1 heterocycles. The van der Waals surface area contributed by atoms with Crippen LogP contribution in [0.4, 0.5) is 8.78 Å². The summed E-state index contributed by atoms with van der Waals surface area (Å²) in [5.41, 5.74) is 5.50. The van der Waals surface area contributed by atoms with Crippen molar-refractivity contribution in [1.29, 1.82) is 5.26 Å². The lowest BCUT2D eigenvalue weighted by atomic mass is 9.95. The van der Waals surface area contributed by atoms with E-state index in [1.165, 1.54) is 25.2 Å². The van der Waals surface area contributed by atoms with Gasteiger partial charge in [0.25, 0.3) is 0 Å². The molecule has 0 saturated heterocycles. The highest BCUT2D eigenvalue weighted by molar-refractivity contribution is 7.93. The number of benzene rings is 2. The molecule has 3 rings (SSSR count). The second-order valence-corrected chi connectivity index (χ2v) is 11.5. The first-order chi connectivity index (χ1) is 13.9. The number of sulfone groups is 1. The largest absolute Gasteiger partial charge is 0.321 e. The van der Waals surface area contributed by atoms with Crippen molar-refractivity contribution in [2.75, 3.05) is 5.75 Å². The van der Waals surface area contributed by atoms with Crippen LogP contribution in [0.3, 0.4) is 0 Å². The number of rotatable bonds is 6. The van der Waals surface area contributed by atoms with Crippen molar-refractivity contribution in [1.82, 2.24) is 4.98 Å². The minimum atomic E-state index is -4.15. The van der Waals surface area contributed by atoms with Gasteiger partial charge < -0.3 is 5.73 Å². The Hall–Kier alpha value is -2.41. The molecule has 1 aromatic heterocycles. The molecule has 30 heavy (non-hydrogen) atoms. The topological polar surface area (TPSA) is 96.8 Å². The third kappa shape index (κ3) is 4.21. The Labute approximate surface area is 178 Å². The van der Waals surface area contributed by atoms with Crippen LogP contribution in [0.5, 0.6) is 0 Å². The molecule has 0 amide bonds. The molecule has 9 heteroatoms. The Balaban J connectivity index is 1.94. The van der Waals surface area contributed by atoms with E-state index in [1.807, 2.05) is 19.1 Å². The summed E-state index contributed by atoms with van der Waals surface area (Å²) >= 11 is 1.52. The summed E-state index contributed by atoms with van der Waals surface area (Å²) in [5, 5.41) is 10.6. The molecule has 2 aromatic carbocycles. The summed E-state index contributed by atoms with van der Waals surface area (Å²) in [4.78, 5) is 4.40. The minimum absolute atomic E-state index is 0.0833. The number of hydrogen-bond donors (Lipinski definition) is 1. The van der Waals surface area contributed by atoms with E-state index in [1.54, 1.807) is 12.1 Å². The number of halogens is 2. The maximum atomic E-state index is 14.2. The van der Waals surface area contributed by atoms with Crippen molar-refractivity contribution in [3.63, 3.8) is 0 Å². The fraction of sp³-hybridized carbons (Fsp3) is 0.333. The van der Waals surface area contributed by atoms with E-state index < -0.39 is 37.5 Å². The molecule has 0 saturated carbocycles. The molecule has 2 unspecified atom stereocenters. The molecule has 3 aromatic rings. The third-order valence-corrected chi connectivity index (χ3v) is 8.60. The Morgan fingerprint density at radius 1 is 1.20 bits per heavy atom. The smallest absolute Gasteiger partial charge is 0.171 e. The van der Waals surface area contributed by atoms with Crippen LogP contribution in [0, 0.1) is 29.9 Å². The summed E-state index contributed by atoms with van der Waals surface area (Å²) in [6, 6.07) is 9.97. The van der Waals surface area contributed by atoms with Gasteiger partial charge >= 0.3 is 0 Å². The van der Waals surface area contributed by atoms with Crippen molar-refractivity contribution in [3.8, 4) is 6.07 Å². The first-order valence-electron chi connectivity index (χ1n) is 9.11. The zero-order valence-corrected chi connectivity index (χ0v) is 18.4. The summed E-state index contributed by atoms with van der Waals surface area (Å²) in [7, 11) is -4.15. The Morgan fingerprint density at radius 2 is 1.90 bits per heavy atom. The summed E-state index contributed by atoms with van der Waals surface area (Å²) < 4.78 is 53.4. The summed E-state index contributed by atoms with van der Waals surface area (Å²) in [6.45, 7) is 4.50. The van der Waals surface area contributed by atoms with Crippen LogP contribution in [0.15, 0.2) is 36.4 Å². The van der Waals surface area contributed by atoms with Crippen LogP contribution in [-0.2, 0) is 21.8 Å².